The molecule has 0 bridgehead atoms. The average molecular weight is 533 g/mol. The summed E-state index contributed by atoms with van der Waals surface area (Å²) in [5.74, 6) is 0.627. The normalized spacial score (nSPS) is 11.6. The van der Waals surface area contributed by atoms with Crippen molar-refractivity contribution in [2.24, 2.45) is 0 Å². The summed E-state index contributed by atoms with van der Waals surface area (Å²) in [4.78, 5) is 37.0. The van der Waals surface area contributed by atoms with Crippen LogP contribution in [0.3, 0.4) is 0 Å². The number of furan rings is 1. The topological polar surface area (TPSA) is 81.2 Å². The SMILES string of the molecule is CN(C)Cc1ccc(Cc2ncc3cc(/C=C/CCC(=O)c4cccn(Cc5ccoc5)c4=O)ccc3n2)cc1. The van der Waals surface area contributed by atoms with Gasteiger partial charge in [0.1, 0.15) is 5.82 Å². The molecule has 0 aliphatic carbocycles. The number of nitrogens with zero attached hydrogens (tertiary/aromatic N) is 4. The van der Waals surface area contributed by atoms with Gasteiger partial charge in [0.2, 0.25) is 0 Å². The Morgan fingerprint density at radius 2 is 1.85 bits per heavy atom. The highest BCUT2D eigenvalue weighted by molar-refractivity contribution is 5.95. The Bertz CT molecular complexity index is 1680. The Labute approximate surface area is 233 Å². The van der Waals surface area contributed by atoms with Gasteiger partial charge in [0.15, 0.2) is 5.78 Å². The van der Waals surface area contributed by atoms with Crippen molar-refractivity contribution in [1.29, 1.82) is 0 Å². The van der Waals surface area contributed by atoms with Crippen molar-refractivity contribution in [3.8, 4) is 0 Å². The molecule has 2 aromatic carbocycles. The van der Waals surface area contributed by atoms with Crippen LogP contribution in [0.5, 0.6) is 0 Å². The van der Waals surface area contributed by atoms with E-state index in [1.807, 2.05) is 36.5 Å². The van der Waals surface area contributed by atoms with E-state index in [2.05, 4.69) is 48.2 Å². The fourth-order valence-corrected chi connectivity index (χ4v) is 4.61. The van der Waals surface area contributed by atoms with Crippen LogP contribution < -0.4 is 5.56 Å². The van der Waals surface area contributed by atoms with E-state index in [9.17, 15) is 9.59 Å². The van der Waals surface area contributed by atoms with Gasteiger partial charge in [-0.1, -0.05) is 42.5 Å². The summed E-state index contributed by atoms with van der Waals surface area (Å²) in [7, 11) is 4.13. The van der Waals surface area contributed by atoms with Crippen LogP contribution in [-0.4, -0.2) is 39.3 Å². The standard InChI is InChI=1S/C33H32N4O3/c1-36(2)21-26-11-9-25(10-12-26)19-32-34-20-28-18-24(13-14-30(28)35-32)6-3-4-8-31(38)29-7-5-16-37(33(29)39)22-27-15-17-40-23-27/h3,5-7,9-18,20,23H,4,8,19,21-22H2,1-2H3/b6-3+. The molecule has 0 saturated carbocycles. The van der Waals surface area contributed by atoms with Crippen LogP contribution in [0.15, 0.2) is 101 Å². The molecule has 3 heterocycles. The Morgan fingerprint density at radius 3 is 2.62 bits per heavy atom. The Balaban J connectivity index is 1.18. The van der Waals surface area contributed by atoms with Crippen molar-refractivity contribution in [3.05, 3.63) is 136 Å². The number of ketones is 1. The van der Waals surface area contributed by atoms with Crippen LogP contribution in [-0.2, 0) is 19.5 Å². The number of pyridine rings is 1. The molecule has 0 saturated heterocycles. The van der Waals surface area contributed by atoms with E-state index >= 15 is 0 Å². The van der Waals surface area contributed by atoms with Gasteiger partial charge in [-0.3, -0.25) is 9.59 Å². The fourth-order valence-electron chi connectivity index (χ4n) is 4.61. The highest BCUT2D eigenvalue weighted by atomic mass is 16.3. The zero-order chi connectivity index (χ0) is 27.9. The first-order valence-electron chi connectivity index (χ1n) is 13.3. The van der Waals surface area contributed by atoms with E-state index in [1.165, 1.54) is 15.7 Å². The van der Waals surface area contributed by atoms with Gasteiger partial charge < -0.3 is 13.9 Å². The first-order valence-corrected chi connectivity index (χ1v) is 13.3. The minimum Gasteiger partial charge on any atom is -0.472 e. The Kier molecular flexibility index (Phi) is 8.42. The third kappa shape index (κ3) is 6.87. The Morgan fingerprint density at radius 1 is 1.02 bits per heavy atom. The maximum atomic E-state index is 12.8. The lowest BCUT2D eigenvalue weighted by Gasteiger charge is -2.10. The molecule has 0 atom stereocenters. The molecule has 0 amide bonds. The molecule has 7 heteroatoms. The molecule has 0 aliphatic heterocycles. The summed E-state index contributed by atoms with van der Waals surface area (Å²) in [6, 6.07) is 19.8. The molecule has 7 nitrogen and oxygen atoms in total. The van der Waals surface area contributed by atoms with E-state index in [0.717, 1.165) is 34.4 Å². The van der Waals surface area contributed by atoms with Gasteiger partial charge in [-0.2, -0.15) is 0 Å². The molecule has 0 N–H and O–H groups in total. The van der Waals surface area contributed by atoms with Gasteiger partial charge in [-0.15, -0.1) is 0 Å². The number of benzene rings is 2. The summed E-state index contributed by atoms with van der Waals surface area (Å²) in [5, 5.41) is 0.964. The zero-order valence-electron chi connectivity index (χ0n) is 22.8. The first kappa shape index (κ1) is 27.0. The third-order valence-electron chi connectivity index (χ3n) is 6.64. The van der Waals surface area contributed by atoms with E-state index in [0.29, 0.717) is 19.4 Å². The summed E-state index contributed by atoms with van der Waals surface area (Å²) < 4.78 is 6.60. The van der Waals surface area contributed by atoms with Crippen molar-refractivity contribution in [2.75, 3.05) is 14.1 Å². The van der Waals surface area contributed by atoms with Crippen LogP contribution in [0.4, 0.5) is 0 Å². The van der Waals surface area contributed by atoms with Gasteiger partial charge in [0.05, 0.1) is 30.2 Å². The van der Waals surface area contributed by atoms with Gasteiger partial charge in [-0.25, -0.2) is 9.97 Å². The second-order valence-electron chi connectivity index (χ2n) is 10.2. The smallest absolute Gasteiger partial charge is 0.261 e. The van der Waals surface area contributed by atoms with Crippen molar-refractivity contribution in [3.63, 3.8) is 0 Å². The zero-order valence-corrected chi connectivity index (χ0v) is 22.8. The van der Waals surface area contributed by atoms with Gasteiger partial charge >= 0.3 is 0 Å². The molecule has 5 rings (SSSR count). The van der Waals surface area contributed by atoms with Gasteiger partial charge in [0, 0.05) is 42.7 Å². The summed E-state index contributed by atoms with van der Waals surface area (Å²) in [6.07, 6.45) is 12.1. The molecule has 202 valence electrons. The molecule has 0 fully saturated rings. The largest absolute Gasteiger partial charge is 0.472 e. The molecular weight excluding hydrogens is 500 g/mol. The molecule has 5 aromatic rings. The number of Topliss-reactive ketones (excluding diaryl/α,β-unsaturated/α-hetero) is 1. The van der Waals surface area contributed by atoms with Crippen molar-refractivity contribution in [1.82, 2.24) is 19.4 Å². The number of fused-ring (bicyclic) bond motifs is 1. The number of carbonyl (C=O) groups is 1. The predicted octanol–water partition coefficient (Wildman–Crippen LogP) is 5.76. The van der Waals surface area contributed by atoms with E-state index in [4.69, 9.17) is 9.40 Å². The highest BCUT2D eigenvalue weighted by Crippen LogP contribution is 2.17. The van der Waals surface area contributed by atoms with Crippen molar-refractivity contribution in [2.45, 2.75) is 32.4 Å². The number of allylic oxidation sites excluding steroid dienone is 1. The highest BCUT2D eigenvalue weighted by Gasteiger charge is 2.12. The lowest BCUT2D eigenvalue weighted by molar-refractivity contribution is 0.0981. The molecule has 3 aromatic heterocycles. The second-order valence-corrected chi connectivity index (χ2v) is 10.2. The number of hydrogen-bond acceptors (Lipinski definition) is 6. The van der Waals surface area contributed by atoms with Gasteiger partial charge in [0.25, 0.3) is 5.56 Å². The van der Waals surface area contributed by atoms with Crippen LogP contribution in [0.2, 0.25) is 0 Å². The van der Waals surface area contributed by atoms with Crippen LogP contribution >= 0.6 is 0 Å². The maximum Gasteiger partial charge on any atom is 0.261 e. The Hall–Kier alpha value is -4.62. The minimum absolute atomic E-state index is 0.164. The van der Waals surface area contributed by atoms with E-state index in [-0.39, 0.29) is 23.3 Å². The summed E-state index contributed by atoms with van der Waals surface area (Å²) in [6.45, 7) is 1.29. The number of rotatable bonds is 11. The van der Waals surface area contributed by atoms with Crippen molar-refractivity contribution >= 4 is 22.8 Å². The molecule has 0 unspecified atom stereocenters. The second kappa shape index (κ2) is 12.5. The summed E-state index contributed by atoms with van der Waals surface area (Å²) >= 11 is 0. The monoisotopic (exact) mass is 532 g/mol. The van der Waals surface area contributed by atoms with Crippen LogP contribution in [0.25, 0.3) is 17.0 Å². The number of aromatic nitrogens is 3. The van der Waals surface area contributed by atoms with E-state index in [1.54, 1.807) is 36.9 Å². The lowest BCUT2D eigenvalue weighted by Crippen LogP contribution is -2.26. The van der Waals surface area contributed by atoms with Crippen LogP contribution in [0, 0.1) is 0 Å². The first-order chi connectivity index (χ1) is 19.4. The van der Waals surface area contributed by atoms with Crippen LogP contribution in [0.1, 0.15) is 51.3 Å². The molecule has 0 aliphatic rings. The average Bonchev–Trinajstić information content (AvgIpc) is 3.46. The van der Waals surface area contributed by atoms with Gasteiger partial charge in [-0.05, 0) is 67.5 Å². The quantitative estimate of drug-likeness (QED) is 0.201. The molecule has 0 spiro atoms. The molecule has 0 radical (unpaired) electrons. The maximum absolute atomic E-state index is 12.8. The minimum atomic E-state index is -0.284. The molecule has 40 heavy (non-hydrogen) atoms. The predicted molar refractivity (Wildman–Crippen MR) is 157 cm³/mol. The fraction of sp³-hybridized carbons (Fsp3) is 0.212. The third-order valence-corrected chi connectivity index (χ3v) is 6.64. The number of hydrogen-bond donors (Lipinski definition) is 0. The van der Waals surface area contributed by atoms with Crippen molar-refractivity contribution < 1.29 is 9.21 Å². The lowest BCUT2D eigenvalue weighted by atomic mass is 10.1. The summed E-state index contributed by atoms with van der Waals surface area (Å²) in [5.41, 5.74) is 5.17. The molecular formula is C33H32N4O3. The number of carbonyl (C=O) groups excluding carboxylic acids is 1. The van der Waals surface area contributed by atoms with E-state index < -0.39 is 0 Å².